The van der Waals surface area contributed by atoms with Crippen LogP contribution in [0.3, 0.4) is 0 Å². The zero-order valence-corrected chi connectivity index (χ0v) is 19.3. The molecule has 11 heteroatoms. The topological polar surface area (TPSA) is 143 Å². The number of halogens is 1. The highest BCUT2D eigenvalue weighted by atomic mass is 79.9. The van der Waals surface area contributed by atoms with Crippen LogP contribution >= 0.6 is 15.9 Å². The molecule has 33 heavy (non-hydrogen) atoms. The molecule has 3 aromatic rings. The molecule has 10 nitrogen and oxygen atoms in total. The number of fused-ring (bicyclic) bond motifs is 3. The maximum absolute atomic E-state index is 13.5. The minimum absolute atomic E-state index is 0.0310. The van der Waals surface area contributed by atoms with Crippen molar-refractivity contribution >= 4 is 32.5 Å². The Kier molecular flexibility index (Phi) is 5.47. The number of nitriles is 1. The molecular weight excluding hydrogens is 496 g/mol. The SMILES string of the molecule is COc1cc([C@@H]2C(C#N)=C(N)Oc3c2c(=O)n(C)c2ccc([N+](=O)[O-])cc32)cc(Br)c1OC. The fourth-order valence-electron chi connectivity index (χ4n) is 4.02. The van der Waals surface area contributed by atoms with E-state index in [0.717, 1.165) is 0 Å². The molecule has 0 bridgehead atoms. The van der Waals surface area contributed by atoms with Gasteiger partial charge in [0.1, 0.15) is 17.4 Å². The average molecular weight is 513 g/mol. The molecule has 0 saturated heterocycles. The molecule has 4 rings (SSSR count). The van der Waals surface area contributed by atoms with E-state index >= 15 is 0 Å². The number of aryl methyl sites for hydroxylation is 1. The van der Waals surface area contributed by atoms with Crippen LogP contribution in [0.5, 0.6) is 17.2 Å². The number of allylic oxidation sites excluding steroid dienone is 1. The molecule has 0 unspecified atom stereocenters. The molecule has 0 aliphatic carbocycles. The summed E-state index contributed by atoms with van der Waals surface area (Å²) < 4.78 is 18.4. The monoisotopic (exact) mass is 512 g/mol. The highest BCUT2D eigenvalue weighted by molar-refractivity contribution is 9.10. The number of methoxy groups -OCH3 is 2. The first-order chi connectivity index (χ1) is 15.7. The van der Waals surface area contributed by atoms with E-state index in [1.165, 1.54) is 37.0 Å². The molecule has 1 aliphatic heterocycles. The summed E-state index contributed by atoms with van der Waals surface area (Å²) in [5.74, 6) is -0.214. The van der Waals surface area contributed by atoms with Gasteiger partial charge in [0.2, 0.25) is 5.88 Å². The Labute approximate surface area is 195 Å². The lowest BCUT2D eigenvalue weighted by Gasteiger charge is -2.28. The number of rotatable bonds is 4. The van der Waals surface area contributed by atoms with Crippen LogP contribution in [0.4, 0.5) is 5.69 Å². The standard InChI is InChI=1S/C22H17BrN4O6/c1-26-15-5-4-11(27(29)30)8-12(15)19-18(22(26)28)17(13(9-24)21(25)33-19)10-6-14(23)20(32-3)16(7-10)31-2/h4-8,17H,25H2,1-3H3/t17-/m1/s1. The van der Waals surface area contributed by atoms with E-state index in [-0.39, 0.29) is 28.5 Å². The lowest BCUT2D eigenvalue weighted by Crippen LogP contribution is -2.31. The Morgan fingerprint density at radius 2 is 2.00 bits per heavy atom. The Morgan fingerprint density at radius 3 is 2.61 bits per heavy atom. The third kappa shape index (κ3) is 3.35. The van der Waals surface area contributed by atoms with Crippen molar-refractivity contribution in [3.63, 3.8) is 0 Å². The van der Waals surface area contributed by atoms with Gasteiger partial charge in [0, 0.05) is 24.6 Å². The number of aromatic nitrogens is 1. The highest BCUT2D eigenvalue weighted by Gasteiger charge is 2.36. The van der Waals surface area contributed by atoms with Crippen LogP contribution in [0.15, 0.2) is 51.1 Å². The van der Waals surface area contributed by atoms with Crippen LogP contribution in [-0.4, -0.2) is 23.7 Å². The fraction of sp³-hybridized carbons (Fsp3) is 0.182. The van der Waals surface area contributed by atoms with Crippen molar-refractivity contribution in [2.45, 2.75) is 5.92 Å². The maximum atomic E-state index is 13.5. The first-order valence-corrected chi connectivity index (χ1v) is 10.3. The Hall–Kier alpha value is -4.04. The van der Waals surface area contributed by atoms with Gasteiger partial charge in [-0.1, -0.05) is 0 Å². The number of nitro benzene ring substituents is 1. The number of non-ortho nitro benzene ring substituents is 1. The molecule has 2 N–H and O–H groups in total. The van der Waals surface area contributed by atoms with Gasteiger partial charge < -0.3 is 24.5 Å². The number of hydrogen-bond donors (Lipinski definition) is 1. The van der Waals surface area contributed by atoms with E-state index in [4.69, 9.17) is 19.9 Å². The summed E-state index contributed by atoms with van der Waals surface area (Å²) in [6, 6.07) is 9.48. The zero-order valence-electron chi connectivity index (χ0n) is 17.7. The normalized spacial score (nSPS) is 14.9. The van der Waals surface area contributed by atoms with Crippen molar-refractivity contribution < 1.29 is 19.1 Å². The van der Waals surface area contributed by atoms with Gasteiger partial charge in [0.25, 0.3) is 11.2 Å². The number of nitro groups is 1. The molecule has 2 aromatic carbocycles. The summed E-state index contributed by atoms with van der Waals surface area (Å²) in [5, 5.41) is 21.6. The smallest absolute Gasteiger partial charge is 0.270 e. The van der Waals surface area contributed by atoms with Gasteiger partial charge in [-0.3, -0.25) is 14.9 Å². The summed E-state index contributed by atoms with van der Waals surface area (Å²) in [6.45, 7) is 0. The number of benzene rings is 2. The molecule has 1 aliphatic rings. The van der Waals surface area contributed by atoms with Crippen molar-refractivity contribution in [2.24, 2.45) is 12.8 Å². The van der Waals surface area contributed by atoms with E-state index < -0.39 is 16.4 Å². The van der Waals surface area contributed by atoms with E-state index in [9.17, 15) is 20.2 Å². The number of nitrogens with two attached hydrogens (primary N) is 1. The molecule has 2 heterocycles. The third-order valence-corrected chi connectivity index (χ3v) is 6.13. The van der Waals surface area contributed by atoms with Gasteiger partial charge in [-0.2, -0.15) is 5.26 Å². The van der Waals surface area contributed by atoms with E-state index in [1.807, 2.05) is 6.07 Å². The Bertz CT molecular complexity index is 1470. The minimum Gasteiger partial charge on any atom is -0.493 e. The second kappa shape index (κ2) is 8.14. The Morgan fingerprint density at radius 1 is 1.27 bits per heavy atom. The summed E-state index contributed by atoms with van der Waals surface area (Å²) in [6.07, 6.45) is 0. The molecular formula is C22H17BrN4O6. The van der Waals surface area contributed by atoms with E-state index in [0.29, 0.717) is 32.4 Å². The number of pyridine rings is 1. The summed E-state index contributed by atoms with van der Waals surface area (Å²) in [5.41, 5.74) is 6.60. The predicted molar refractivity (Wildman–Crippen MR) is 122 cm³/mol. The zero-order chi connectivity index (χ0) is 24.0. The summed E-state index contributed by atoms with van der Waals surface area (Å²) in [7, 11) is 4.50. The minimum atomic E-state index is -0.905. The van der Waals surface area contributed by atoms with E-state index in [2.05, 4.69) is 15.9 Å². The molecule has 1 aromatic heterocycles. The van der Waals surface area contributed by atoms with Gasteiger partial charge in [-0.15, -0.1) is 0 Å². The molecule has 0 fully saturated rings. The number of ether oxygens (including phenoxy) is 3. The molecule has 0 saturated carbocycles. The third-order valence-electron chi connectivity index (χ3n) is 5.54. The van der Waals surface area contributed by atoms with Gasteiger partial charge in [-0.25, -0.2) is 0 Å². The second-order valence-corrected chi connectivity index (χ2v) is 8.08. The van der Waals surface area contributed by atoms with Crippen LogP contribution in [0.1, 0.15) is 17.0 Å². The first kappa shape index (κ1) is 22.2. The predicted octanol–water partition coefficient (Wildman–Crippen LogP) is 3.44. The number of hydrogen-bond acceptors (Lipinski definition) is 8. The van der Waals surface area contributed by atoms with Gasteiger partial charge in [0.15, 0.2) is 11.5 Å². The van der Waals surface area contributed by atoms with Crippen molar-refractivity contribution in [1.29, 1.82) is 5.26 Å². The van der Waals surface area contributed by atoms with E-state index in [1.54, 1.807) is 19.2 Å². The van der Waals surface area contributed by atoms with Crippen molar-refractivity contribution in [2.75, 3.05) is 14.2 Å². The molecule has 168 valence electrons. The molecule has 1 atom stereocenters. The summed E-state index contributed by atoms with van der Waals surface area (Å²) in [4.78, 5) is 24.3. The van der Waals surface area contributed by atoms with Crippen LogP contribution in [0, 0.1) is 21.4 Å². The first-order valence-electron chi connectivity index (χ1n) is 9.53. The highest BCUT2D eigenvalue weighted by Crippen LogP contribution is 2.47. The van der Waals surface area contributed by atoms with Crippen LogP contribution in [-0.2, 0) is 7.05 Å². The van der Waals surface area contributed by atoms with Crippen LogP contribution in [0.25, 0.3) is 10.9 Å². The lowest BCUT2D eigenvalue weighted by atomic mass is 9.83. The van der Waals surface area contributed by atoms with Gasteiger partial charge in [-0.05, 0) is 39.7 Å². The van der Waals surface area contributed by atoms with Crippen LogP contribution < -0.4 is 25.5 Å². The molecule has 0 radical (unpaired) electrons. The lowest BCUT2D eigenvalue weighted by molar-refractivity contribution is -0.384. The van der Waals surface area contributed by atoms with Gasteiger partial charge >= 0.3 is 0 Å². The largest absolute Gasteiger partial charge is 0.493 e. The van der Waals surface area contributed by atoms with Crippen LogP contribution in [0.2, 0.25) is 0 Å². The molecule has 0 spiro atoms. The number of nitrogens with zero attached hydrogens (tertiary/aromatic N) is 3. The Balaban J connectivity index is 2.12. The maximum Gasteiger partial charge on any atom is 0.270 e. The van der Waals surface area contributed by atoms with Crippen molar-refractivity contribution in [1.82, 2.24) is 4.57 Å². The quantitative estimate of drug-likeness (QED) is 0.413. The molecule has 0 amide bonds. The van der Waals surface area contributed by atoms with Crippen molar-refractivity contribution in [3.05, 3.63) is 77.9 Å². The second-order valence-electron chi connectivity index (χ2n) is 7.23. The fourth-order valence-corrected chi connectivity index (χ4v) is 4.64. The summed E-state index contributed by atoms with van der Waals surface area (Å²) >= 11 is 3.44. The van der Waals surface area contributed by atoms with Gasteiger partial charge in [0.05, 0.1) is 40.6 Å². The average Bonchev–Trinajstić information content (AvgIpc) is 2.80. The van der Waals surface area contributed by atoms with Crippen molar-refractivity contribution in [3.8, 4) is 23.3 Å².